The molecule has 4 heteroatoms. The summed E-state index contributed by atoms with van der Waals surface area (Å²) in [5.41, 5.74) is 7.30. The third-order valence-corrected chi connectivity index (χ3v) is 3.61. The smallest absolute Gasteiger partial charge is 0.125 e. The Balaban J connectivity index is 2.34. The predicted octanol–water partition coefficient (Wildman–Crippen LogP) is 1.18. The summed E-state index contributed by atoms with van der Waals surface area (Å²) in [6, 6.07) is 0.0997. The zero-order chi connectivity index (χ0) is 11.6. The Labute approximate surface area is 96.2 Å². The van der Waals surface area contributed by atoms with Crippen molar-refractivity contribution in [2.24, 2.45) is 5.73 Å². The van der Waals surface area contributed by atoms with Crippen LogP contribution >= 0.6 is 0 Å². The molecule has 16 heavy (non-hydrogen) atoms. The van der Waals surface area contributed by atoms with Crippen molar-refractivity contribution < 1.29 is 4.74 Å². The maximum atomic E-state index is 6.16. The van der Waals surface area contributed by atoms with Crippen molar-refractivity contribution in [2.45, 2.75) is 38.1 Å². The van der Waals surface area contributed by atoms with Gasteiger partial charge in [-0.3, -0.25) is 0 Å². The highest BCUT2D eigenvalue weighted by molar-refractivity contribution is 5.23. The normalized spacial score (nSPS) is 21.7. The molecule has 1 fully saturated rings. The van der Waals surface area contributed by atoms with E-state index < -0.39 is 0 Å². The zero-order valence-electron chi connectivity index (χ0n) is 9.94. The molecule has 0 spiro atoms. The van der Waals surface area contributed by atoms with E-state index in [0.29, 0.717) is 0 Å². The topological polar surface area (TPSA) is 61.0 Å². The molecule has 2 heterocycles. The average molecular weight is 221 g/mol. The first-order valence-corrected chi connectivity index (χ1v) is 5.77. The van der Waals surface area contributed by atoms with Crippen LogP contribution in [0.15, 0.2) is 12.4 Å². The van der Waals surface area contributed by atoms with Gasteiger partial charge < -0.3 is 10.5 Å². The molecule has 1 aromatic heterocycles. The standard InChI is InChI=1S/C12H19N3O/c1-9(13)12(3-5-16-6-4-12)11-7-14-10(2)15-8-11/h7-9H,3-6,13H2,1-2H3/t9-/m0/s1. The first-order chi connectivity index (χ1) is 7.65. The molecule has 1 atom stereocenters. The minimum atomic E-state index is -0.00799. The van der Waals surface area contributed by atoms with E-state index in [4.69, 9.17) is 10.5 Å². The van der Waals surface area contributed by atoms with E-state index in [1.54, 1.807) is 0 Å². The second-order valence-electron chi connectivity index (χ2n) is 4.58. The van der Waals surface area contributed by atoms with E-state index in [0.717, 1.165) is 37.4 Å². The van der Waals surface area contributed by atoms with Gasteiger partial charge in [0.2, 0.25) is 0 Å². The number of hydrogen-bond donors (Lipinski definition) is 1. The fourth-order valence-electron chi connectivity index (χ4n) is 2.39. The molecule has 2 rings (SSSR count). The van der Waals surface area contributed by atoms with Gasteiger partial charge >= 0.3 is 0 Å². The number of nitrogens with two attached hydrogens (primary N) is 1. The monoisotopic (exact) mass is 221 g/mol. The van der Waals surface area contributed by atoms with E-state index in [-0.39, 0.29) is 11.5 Å². The van der Waals surface area contributed by atoms with Crippen molar-refractivity contribution in [1.82, 2.24) is 9.97 Å². The minimum Gasteiger partial charge on any atom is -0.381 e. The van der Waals surface area contributed by atoms with Crippen LogP contribution in [0.3, 0.4) is 0 Å². The average Bonchev–Trinajstić information content (AvgIpc) is 2.30. The lowest BCUT2D eigenvalue weighted by Crippen LogP contribution is -2.47. The number of rotatable bonds is 2. The maximum Gasteiger partial charge on any atom is 0.125 e. The summed E-state index contributed by atoms with van der Waals surface area (Å²) in [6.07, 6.45) is 5.74. The summed E-state index contributed by atoms with van der Waals surface area (Å²) < 4.78 is 5.42. The second kappa shape index (κ2) is 4.47. The van der Waals surface area contributed by atoms with Gasteiger partial charge in [0.05, 0.1) is 0 Å². The number of aromatic nitrogens is 2. The Morgan fingerprint density at radius 1 is 1.31 bits per heavy atom. The van der Waals surface area contributed by atoms with Crippen molar-refractivity contribution in [1.29, 1.82) is 0 Å². The number of aryl methyl sites for hydroxylation is 1. The third kappa shape index (κ3) is 1.95. The van der Waals surface area contributed by atoms with E-state index in [9.17, 15) is 0 Å². The van der Waals surface area contributed by atoms with Gasteiger partial charge in [-0.15, -0.1) is 0 Å². The number of hydrogen-bond acceptors (Lipinski definition) is 4. The van der Waals surface area contributed by atoms with Crippen LogP contribution < -0.4 is 5.73 Å². The van der Waals surface area contributed by atoms with Gasteiger partial charge in [-0.05, 0) is 32.3 Å². The van der Waals surface area contributed by atoms with Gasteiger partial charge in [0.1, 0.15) is 5.82 Å². The molecular formula is C12H19N3O. The van der Waals surface area contributed by atoms with Crippen LogP contribution in [0.25, 0.3) is 0 Å². The van der Waals surface area contributed by atoms with Crippen molar-refractivity contribution in [3.05, 3.63) is 23.8 Å². The molecule has 1 saturated heterocycles. The fraction of sp³-hybridized carbons (Fsp3) is 0.667. The van der Waals surface area contributed by atoms with Gasteiger partial charge in [-0.2, -0.15) is 0 Å². The number of ether oxygens (including phenoxy) is 1. The molecule has 4 nitrogen and oxygen atoms in total. The molecule has 0 aromatic carbocycles. The van der Waals surface area contributed by atoms with Crippen LogP contribution in [0.5, 0.6) is 0 Å². The Hall–Kier alpha value is -1.00. The molecule has 88 valence electrons. The third-order valence-electron chi connectivity index (χ3n) is 3.61. The molecule has 0 amide bonds. The summed E-state index contributed by atoms with van der Waals surface area (Å²) in [7, 11) is 0. The van der Waals surface area contributed by atoms with Crippen LogP contribution in [-0.4, -0.2) is 29.2 Å². The van der Waals surface area contributed by atoms with Crippen LogP contribution in [0, 0.1) is 6.92 Å². The van der Waals surface area contributed by atoms with E-state index in [1.807, 2.05) is 19.3 Å². The van der Waals surface area contributed by atoms with Gasteiger partial charge in [0.25, 0.3) is 0 Å². The van der Waals surface area contributed by atoms with E-state index in [1.165, 1.54) is 0 Å². The van der Waals surface area contributed by atoms with Crippen molar-refractivity contribution >= 4 is 0 Å². The van der Waals surface area contributed by atoms with Crippen molar-refractivity contribution in [2.75, 3.05) is 13.2 Å². The Bertz CT molecular complexity index is 342. The molecule has 0 bridgehead atoms. The van der Waals surface area contributed by atoms with E-state index in [2.05, 4.69) is 16.9 Å². The lowest BCUT2D eigenvalue weighted by Gasteiger charge is -2.40. The van der Waals surface area contributed by atoms with Crippen LogP contribution in [0.2, 0.25) is 0 Å². The Kier molecular flexibility index (Phi) is 3.21. The highest BCUT2D eigenvalue weighted by Crippen LogP contribution is 2.36. The van der Waals surface area contributed by atoms with Gasteiger partial charge in [0, 0.05) is 37.1 Å². The fourth-order valence-corrected chi connectivity index (χ4v) is 2.39. The first-order valence-electron chi connectivity index (χ1n) is 5.77. The van der Waals surface area contributed by atoms with Gasteiger partial charge in [-0.25, -0.2) is 9.97 Å². The molecular weight excluding hydrogens is 202 g/mol. The first kappa shape index (κ1) is 11.5. The summed E-state index contributed by atoms with van der Waals surface area (Å²) in [5.74, 6) is 0.802. The molecule has 0 aliphatic carbocycles. The Morgan fingerprint density at radius 3 is 2.38 bits per heavy atom. The summed E-state index contributed by atoms with van der Waals surface area (Å²) in [6.45, 7) is 5.50. The van der Waals surface area contributed by atoms with Crippen LogP contribution in [0.1, 0.15) is 31.2 Å². The zero-order valence-corrected chi connectivity index (χ0v) is 9.94. The summed E-state index contributed by atoms with van der Waals surface area (Å²) in [4.78, 5) is 8.55. The molecule has 1 aliphatic rings. The molecule has 0 unspecified atom stereocenters. The summed E-state index contributed by atoms with van der Waals surface area (Å²) in [5, 5.41) is 0. The van der Waals surface area contributed by atoms with E-state index >= 15 is 0 Å². The molecule has 0 saturated carbocycles. The molecule has 2 N–H and O–H groups in total. The number of nitrogens with zero attached hydrogens (tertiary/aromatic N) is 2. The lowest BCUT2D eigenvalue weighted by molar-refractivity contribution is 0.0420. The molecule has 0 radical (unpaired) electrons. The minimum absolute atomic E-state index is 0.00799. The van der Waals surface area contributed by atoms with Crippen molar-refractivity contribution in [3.63, 3.8) is 0 Å². The molecule has 1 aromatic rings. The van der Waals surface area contributed by atoms with Crippen molar-refractivity contribution in [3.8, 4) is 0 Å². The van der Waals surface area contributed by atoms with Gasteiger partial charge in [0.15, 0.2) is 0 Å². The highest BCUT2D eigenvalue weighted by atomic mass is 16.5. The van der Waals surface area contributed by atoms with Crippen LogP contribution in [0.4, 0.5) is 0 Å². The van der Waals surface area contributed by atoms with Gasteiger partial charge in [-0.1, -0.05) is 0 Å². The van der Waals surface area contributed by atoms with Crippen LogP contribution in [-0.2, 0) is 10.2 Å². The largest absolute Gasteiger partial charge is 0.381 e. The quantitative estimate of drug-likeness (QED) is 0.814. The SMILES string of the molecule is Cc1ncc(C2([C@H](C)N)CCOCC2)cn1. The lowest BCUT2D eigenvalue weighted by atomic mass is 9.70. The molecule has 1 aliphatic heterocycles. The summed E-state index contributed by atoms with van der Waals surface area (Å²) >= 11 is 0. The Morgan fingerprint density at radius 2 is 1.88 bits per heavy atom. The predicted molar refractivity (Wildman–Crippen MR) is 62.1 cm³/mol. The highest BCUT2D eigenvalue weighted by Gasteiger charge is 2.38. The second-order valence-corrected chi connectivity index (χ2v) is 4.58. The maximum absolute atomic E-state index is 6.16.